The van der Waals surface area contributed by atoms with Crippen molar-refractivity contribution in [1.82, 2.24) is 20.4 Å². The van der Waals surface area contributed by atoms with Gasteiger partial charge in [-0.2, -0.15) is 5.10 Å². The van der Waals surface area contributed by atoms with E-state index in [-0.39, 0.29) is 18.3 Å². The van der Waals surface area contributed by atoms with Crippen LogP contribution < -0.4 is 5.32 Å². The van der Waals surface area contributed by atoms with Crippen LogP contribution in [-0.2, 0) is 0 Å². The highest BCUT2D eigenvalue weighted by molar-refractivity contribution is 9.10. The van der Waals surface area contributed by atoms with Gasteiger partial charge in [-0.25, -0.2) is 0 Å². The Balaban J connectivity index is 0.00000132. The molecule has 1 amide bonds. The van der Waals surface area contributed by atoms with Crippen molar-refractivity contribution >= 4 is 45.1 Å². The lowest BCUT2D eigenvalue weighted by Gasteiger charge is -2.16. The van der Waals surface area contributed by atoms with Crippen LogP contribution in [0, 0.1) is 11.8 Å². The van der Waals surface area contributed by atoms with E-state index in [1.807, 2.05) is 23.1 Å². The molecule has 2 saturated heterocycles. The Hall–Kier alpha value is -1.11. The summed E-state index contributed by atoms with van der Waals surface area (Å²) in [4.78, 5) is 14.6. The summed E-state index contributed by atoms with van der Waals surface area (Å²) in [5, 5.41) is 11.4. The molecule has 5 nitrogen and oxygen atoms in total. The minimum Gasteiger partial charge on any atom is -0.337 e. The average Bonchev–Trinajstić information content (AvgIpc) is 3.10. The van der Waals surface area contributed by atoms with Crippen LogP contribution in [0.1, 0.15) is 10.5 Å². The standard InChI is InChI=1S/C14H15BrN4O.ClH/c15-10-1-2-12-11(3-10)13(18-17-12)14(20)19-6-8-4-16-5-9(8)7-19;/h1-3,8-9,16H,4-7H2,(H,17,18);1H/t8-,9+;. The maximum absolute atomic E-state index is 12.7. The summed E-state index contributed by atoms with van der Waals surface area (Å²) >= 11 is 3.45. The van der Waals surface area contributed by atoms with Crippen LogP contribution in [0.2, 0.25) is 0 Å². The van der Waals surface area contributed by atoms with Crippen molar-refractivity contribution in [3.8, 4) is 0 Å². The van der Waals surface area contributed by atoms with E-state index in [1.54, 1.807) is 0 Å². The van der Waals surface area contributed by atoms with Gasteiger partial charge in [-0.3, -0.25) is 9.89 Å². The number of aromatic nitrogens is 2. The fraction of sp³-hybridized carbons (Fsp3) is 0.429. The van der Waals surface area contributed by atoms with Crippen LogP contribution in [-0.4, -0.2) is 47.2 Å². The largest absolute Gasteiger partial charge is 0.337 e. The molecule has 21 heavy (non-hydrogen) atoms. The monoisotopic (exact) mass is 370 g/mol. The van der Waals surface area contributed by atoms with Gasteiger partial charge in [-0.05, 0) is 30.0 Å². The second kappa shape index (κ2) is 5.59. The smallest absolute Gasteiger partial charge is 0.275 e. The number of benzene rings is 1. The molecular formula is C14H16BrClN4O. The molecule has 4 rings (SSSR count). The minimum absolute atomic E-state index is 0. The molecular weight excluding hydrogens is 356 g/mol. The topological polar surface area (TPSA) is 61.0 Å². The number of hydrogen-bond donors (Lipinski definition) is 2. The molecule has 1 aromatic heterocycles. The van der Waals surface area contributed by atoms with Gasteiger partial charge in [0.1, 0.15) is 0 Å². The summed E-state index contributed by atoms with van der Waals surface area (Å²) in [5.74, 6) is 1.26. The van der Waals surface area contributed by atoms with Crippen LogP contribution in [0.15, 0.2) is 22.7 Å². The number of carbonyl (C=O) groups excluding carboxylic acids is 1. The Labute approximate surface area is 137 Å². The number of amides is 1. The van der Waals surface area contributed by atoms with Gasteiger partial charge < -0.3 is 10.2 Å². The molecule has 2 aliphatic heterocycles. The number of halogens is 2. The van der Waals surface area contributed by atoms with Crippen molar-refractivity contribution in [2.45, 2.75) is 0 Å². The average molecular weight is 372 g/mol. The summed E-state index contributed by atoms with van der Waals surface area (Å²) in [7, 11) is 0. The third kappa shape index (κ3) is 2.45. The molecule has 2 aromatic rings. The molecule has 0 saturated carbocycles. The van der Waals surface area contributed by atoms with Gasteiger partial charge in [0.05, 0.1) is 5.52 Å². The van der Waals surface area contributed by atoms with E-state index in [0.29, 0.717) is 17.5 Å². The molecule has 2 fully saturated rings. The molecule has 2 aliphatic rings. The number of hydrogen-bond acceptors (Lipinski definition) is 3. The molecule has 0 spiro atoms. The first kappa shape index (κ1) is 14.8. The summed E-state index contributed by atoms with van der Waals surface area (Å²) < 4.78 is 0.961. The van der Waals surface area contributed by atoms with Gasteiger partial charge in [0.15, 0.2) is 5.69 Å². The number of rotatable bonds is 1. The van der Waals surface area contributed by atoms with Crippen molar-refractivity contribution in [3.05, 3.63) is 28.4 Å². The highest BCUT2D eigenvalue weighted by atomic mass is 79.9. The van der Waals surface area contributed by atoms with Gasteiger partial charge in [0.2, 0.25) is 0 Å². The van der Waals surface area contributed by atoms with Crippen molar-refractivity contribution < 1.29 is 4.79 Å². The lowest BCUT2D eigenvalue weighted by atomic mass is 10.0. The Kier molecular flexibility index (Phi) is 3.94. The maximum Gasteiger partial charge on any atom is 0.275 e. The Bertz CT molecular complexity index is 677. The number of fused-ring (bicyclic) bond motifs is 2. The van der Waals surface area contributed by atoms with Crippen LogP contribution in [0.4, 0.5) is 0 Å². The fourth-order valence-electron chi connectivity index (χ4n) is 3.32. The Morgan fingerprint density at radius 1 is 1.29 bits per heavy atom. The first-order valence-corrected chi connectivity index (χ1v) is 7.65. The second-order valence-electron chi connectivity index (χ2n) is 5.65. The van der Waals surface area contributed by atoms with Crippen molar-refractivity contribution in [2.24, 2.45) is 11.8 Å². The number of nitrogens with zero attached hydrogens (tertiary/aromatic N) is 2. The lowest BCUT2D eigenvalue weighted by molar-refractivity contribution is 0.0777. The number of aromatic amines is 1. The van der Waals surface area contributed by atoms with E-state index in [2.05, 4.69) is 31.4 Å². The molecule has 0 radical (unpaired) electrons. The fourth-order valence-corrected chi connectivity index (χ4v) is 3.68. The number of likely N-dealkylation sites (tertiary alicyclic amines) is 1. The van der Waals surface area contributed by atoms with Crippen LogP contribution >= 0.6 is 28.3 Å². The predicted octanol–water partition coefficient (Wildman–Crippen LogP) is 2.04. The zero-order valence-corrected chi connectivity index (χ0v) is 13.7. The predicted molar refractivity (Wildman–Crippen MR) is 86.8 cm³/mol. The normalized spacial score (nSPS) is 24.1. The number of nitrogens with one attached hydrogen (secondary N) is 2. The van der Waals surface area contributed by atoms with E-state index in [9.17, 15) is 4.79 Å². The van der Waals surface area contributed by atoms with Gasteiger partial charge >= 0.3 is 0 Å². The van der Waals surface area contributed by atoms with Gasteiger partial charge in [0.25, 0.3) is 5.91 Å². The summed E-state index contributed by atoms with van der Waals surface area (Å²) in [6.45, 7) is 3.75. The molecule has 1 aromatic carbocycles. The maximum atomic E-state index is 12.7. The molecule has 7 heteroatoms. The third-order valence-corrected chi connectivity index (χ3v) is 4.90. The van der Waals surface area contributed by atoms with E-state index in [0.717, 1.165) is 41.6 Å². The first-order valence-electron chi connectivity index (χ1n) is 6.86. The first-order chi connectivity index (χ1) is 9.72. The van der Waals surface area contributed by atoms with Crippen molar-refractivity contribution in [1.29, 1.82) is 0 Å². The zero-order chi connectivity index (χ0) is 13.7. The minimum atomic E-state index is 0. The van der Waals surface area contributed by atoms with Gasteiger partial charge in [0, 0.05) is 36.0 Å². The lowest BCUT2D eigenvalue weighted by Crippen LogP contribution is -2.32. The third-order valence-electron chi connectivity index (χ3n) is 4.40. The van der Waals surface area contributed by atoms with E-state index in [4.69, 9.17) is 0 Å². The molecule has 2 atom stereocenters. The van der Waals surface area contributed by atoms with Crippen molar-refractivity contribution in [2.75, 3.05) is 26.2 Å². The summed E-state index contributed by atoms with van der Waals surface area (Å²) in [6.07, 6.45) is 0. The molecule has 2 N–H and O–H groups in total. The van der Waals surface area contributed by atoms with Crippen LogP contribution in [0.5, 0.6) is 0 Å². The highest BCUT2D eigenvalue weighted by Gasteiger charge is 2.39. The van der Waals surface area contributed by atoms with Gasteiger partial charge in [-0.1, -0.05) is 15.9 Å². The van der Waals surface area contributed by atoms with E-state index in [1.165, 1.54) is 0 Å². The van der Waals surface area contributed by atoms with Crippen LogP contribution in [0.3, 0.4) is 0 Å². The Morgan fingerprint density at radius 2 is 2.00 bits per heavy atom. The summed E-state index contributed by atoms with van der Waals surface area (Å²) in [6, 6.07) is 5.83. The SMILES string of the molecule is Cl.O=C(c1n[nH]c2ccc(Br)cc12)N1C[C@H]2CNC[C@H]2C1. The van der Waals surface area contributed by atoms with Crippen molar-refractivity contribution in [3.63, 3.8) is 0 Å². The zero-order valence-electron chi connectivity index (χ0n) is 11.3. The Morgan fingerprint density at radius 3 is 2.71 bits per heavy atom. The molecule has 0 unspecified atom stereocenters. The number of carbonyl (C=O) groups is 1. The van der Waals surface area contributed by atoms with Crippen LogP contribution in [0.25, 0.3) is 10.9 Å². The molecule has 112 valence electrons. The highest BCUT2D eigenvalue weighted by Crippen LogP contribution is 2.29. The van der Waals surface area contributed by atoms with E-state index >= 15 is 0 Å². The second-order valence-corrected chi connectivity index (χ2v) is 6.57. The van der Waals surface area contributed by atoms with E-state index < -0.39 is 0 Å². The molecule has 0 bridgehead atoms. The quantitative estimate of drug-likeness (QED) is 0.806. The van der Waals surface area contributed by atoms with Gasteiger partial charge in [-0.15, -0.1) is 12.4 Å². The molecule has 3 heterocycles. The molecule has 0 aliphatic carbocycles. The summed E-state index contributed by atoms with van der Waals surface area (Å²) in [5.41, 5.74) is 1.44. The number of H-pyrrole nitrogens is 1.